The summed E-state index contributed by atoms with van der Waals surface area (Å²) < 4.78 is 26.4. The molecule has 1 atom stereocenters. The summed E-state index contributed by atoms with van der Waals surface area (Å²) in [5.41, 5.74) is 2.51. The van der Waals surface area contributed by atoms with Crippen LogP contribution in [0.1, 0.15) is 57.2 Å². The highest BCUT2D eigenvalue weighted by Crippen LogP contribution is 2.27. The fourth-order valence-electron chi connectivity index (χ4n) is 4.01. The molecule has 2 aromatic rings. The van der Waals surface area contributed by atoms with Gasteiger partial charge in [0.05, 0.1) is 11.9 Å². The van der Waals surface area contributed by atoms with E-state index in [4.69, 9.17) is 23.2 Å². The fourth-order valence-corrected chi connectivity index (χ4v) is 5.48. The maximum atomic E-state index is 13.4. The first-order chi connectivity index (χ1) is 17.0. The van der Waals surface area contributed by atoms with Crippen molar-refractivity contribution in [1.82, 2.24) is 10.2 Å². The fraction of sp³-hybridized carbons (Fsp3) is 0.481. The van der Waals surface area contributed by atoms with E-state index in [0.717, 1.165) is 17.4 Å². The minimum Gasteiger partial charge on any atom is -0.350 e. The van der Waals surface area contributed by atoms with E-state index >= 15 is 0 Å². The number of nitrogens with one attached hydrogen (secondary N) is 1. The molecule has 0 aliphatic heterocycles. The van der Waals surface area contributed by atoms with Gasteiger partial charge in [-0.25, -0.2) is 8.42 Å². The lowest BCUT2D eigenvalue weighted by molar-refractivity contribution is -0.141. The van der Waals surface area contributed by atoms with Gasteiger partial charge in [0.15, 0.2) is 0 Å². The van der Waals surface area contributed by atoms with Crippen LogP contribution < -0.4 is 9.62 Å². The average Bonchev–Trinajstić information content (AvgIpc) is 2.73. The second-order valence-electron chi connectivity index (χ2n) is 10.4. The molecule has 37 heavy (non-hydrogen) atoms. The van der Waals surface area contributed by atoms with Gasteiger partial charge in [0.2, 0.25) is 21.8 Å². The van der Waals surface area contributed by atoms with E-state index in [1.54, 1.807) is 37.3 Å². The maximum absolute atomic E-state index is 13.4. The van der Waals surface area contributed by atoms with Crippen LogP contribution in [0.2, 0.25) is 10.0 Å². The van der Waals surface area contributed by atoms with Gasteiger partial charge in [-0.05, 0) is 83.4 Å². The third-order valence-electron chi connectivity index (χ3n) is 5.70. The molecule has 0 radical (unpaired) electrons. The molecular weight excluding hydrogens is 533 g/mol. The molecule has 0 saturated heterocycles. The summed E-state index contributed by atoms with van der Waals surface area (Å²) >= 11 is 12.7. The van der Waals surface area contributed by atoms with Crippen LogP contribution in [-0.4, -0.2) is 49.5 Å². The Bertz CT molecular complexity index is 1200. The molecule has 1 N–H and O–H groups in total. The summed E-state index contributed by atoms with van der Waals surface area (Å²) in [6.07, 6.45) is 1.45. The number of amides is 2. The molecule has 0 spiro atoms. The molecule has 0 fully saturated rings. The Morgan fingerprint density at radius 1 is 1.03 bits per heavy atom. The Balaban J connectivity index is 2.27. The smallest absolute Gasteiger partial charge is 0.242 e. The molecule has 204 valence electrons. The van der Waals surface area contributed by atoms with Crippen LogP contribution >= 0.6 is 23.2 Å². The largest absolute Gasteiger partial charge is 0.350 e. The van der Waals surface area contributed by atoms with Gasteiger partial charge >= 0.3 is 0 Å². The predicted octanol–water partition coefficient (Wildman–Crippen LogP) is 5.49. The van der Waals surface area contributed by atoms with Crippen molar-refractivity contribution in [2.75, 3.05) is 17.1 Å². The van der Waals surface area contributed by atoms with E-state index in [0.29, 0.717) is 21.3 Å². The van der Waals surface area contributed by atoms with Crippen molar-refractivity contribution in [2.24, 2.45) is 0 Å². The van der Waals surface area contributed by atoms with Crippen molar-refractivity contribution in [3.8, 4) is 0 Å². The lowest BCUT2D eigenvalue weighted by Crippen LogP contribution is -2.52. The standard InChI is InChI=1S/C27H37Cl2N3O4S/c1-18-14-19(2)16-21(15-18)32(37(7,35)36)13-9-12-25(33)31(20(3)26(34)30-27(4,5)6)17-22-23(28)10-8-11-24(22)29/h8,10-11,14-16,20H,9,12-13,17H2,1-7H3,(H,30,34)/t20-/m1/s1. The maximum Gasteiger partial charge on any atom is 0.242 e. The first-order valence-electron chi connectivity index (χ1n) is 12.1. The molecule has 0 heterocycles. The van der Waals surface area contributed by atoms with Crippen LogP contribution in [0.15, 0.2) is 36.4 Å². The number of carbonyl (C=O) groups is 2. The average molecular weight is 571 g/mol. The molecule has 10 heteroatoms. The molecule has 0 unspecified atom stereocenters. The molecule has 0 bridgehead atoms. The minimum absolute atomic E-state index is 0.0338. The Kier molecular flexibility index (Phi) is 10.5. The van der Waals surface area contributed by atoms with Crippen LogP contribution in [-0.2, 0) is 26.2 Å². The first-order valence-corrected chi connectivity index (χ1v) is 14.7. The van der Waals surface area contributed by atoms with Crippen LogP contribution in [0.25, 0.3) is 0 Å². The van der Waals surface area contributed by atoms with E-state index < -0.39 is 21.6 Å². The van der Waals surface area contributed by atoms with Crippen molar-refractivity contribution >= 4 is 50.7 Å². The Labute approximate surface area is 231 Å². The normalized spacial score (nSPS) is 12.7. The van der Waals surface area contributed by atoms with Gasteiger partial charge in [0.25, 0.3) is 0 Å². The Morgan fingerprint density at radius 3 is 2.05 bits per heavy atom. The van der Waals surface area contributed by atoms with Gasteiger partial charge in [-0.1, -0.05) is 35.3 Å². The van der Waals surface area contributed by atoms with Crippen LogP contribution in [0.4, 0.5) is 5.69 Å². The summed E-state index contributed by atoms with van der Waals surface area (Å²) in [5, 5.41) is 3.70. The number of benzene rings is 2. The van der Waals surface area contributed by atoms with Gasteiger partial charge < -0.3 is 10.2 Å². The van der Waals surface area contributed by atoms with Gasteiger partial charge in [-0.2, -0.15) is 0 Å². The van der Waals surface area contributed by atoms with Crippen molar-refractivity contribution in [3.05, 3.63) is 63.1 Å². The van der Waals surface area contributed by atoms with E-state index in [-0.39, 0.29) is 37.7 Å². The number of sulfonamides is 1. The number of anilines is 1. The predicted molar refractivity (Wildman–Crippen MR) is 152 cm³/mol. The second kappa shape index (κ2) is 12.5. The number of halogens is 2. The molecule has 0 aromatic heterocycles. The monoisotopic (exact) mass is 569 g/mol. The molecule has 2 amide bonds. The molecule has 2 aromatic carbocycles. The minimum atomic E-state index is -3.57. The quantitative estimate of drug-likeness (QED) is 0.410. The summed E-state index contributed by atoms with van der Waals surface area (Å²) in [6, 6.07) is 9.85. The number of aryl methyl sites for hydroxylation is 2. The highest BCUT2D eigenvalue weighted by molar-refractivity contribution is 7.92. The van der Waals surface area contributed by atoms with E-state index in [1.807, 2.05) is 40.7 Å². The number of nitrogens with zero attached hydrogens (tertiary/aromatic N) is 2. The Hall–Kier alpha value is -2.29. The summed E-state index contributed by atoms with van der Waals surface area (Å²) in [6.45, 7) is 11.2. The molecule has 7 nitrogen and oxygen atoms in total. The highest BCUT2D eigenvalue weighted by Gasteiger charge is 2.29. The third-order valence-corrected chi connectivity index (χ3v) is 7.60. The van der Waals surface area contributed by atoms with E-state index in [9.17, 15) is 18.0 Å². The Morgan fingerprint density at radius 2 is 1.57 bits per heavy atom. The molecule has 0 aliphatic carbocycles. The number of hydrogen-bond acceptors (Lipinski definition) is 4. The third kappa shape index (κ3) is 9.20. The van der Waals surface area contributed by atoms with Gasteiger partial charge in [-0.3, -0.25) is 13.9 Å². The molecule has 0 saturated carbocycles. The van der Waals surface area contributed by atoms with Crippen LogP contribution in [0.5, 0.6) is 0 Å². The van der Waals surface area contributed by atoms with Crippen LogP contribution in [0, 0.1) is 13.8 Å². The van der Waals surface area contributed by atoms with E-state index in [2.05, 4.69) is 5.32 Å². The summed E-state index contributed by atoms with van der Waals surface area (Å²) in [4.78, 5) is 27.9. The number of hydrogen-bond donors (Lipinski definition) is 1. The van der Waals surface area contributed by atoms with E-state index in [1.165, 1.54) is 9.21 Å². The van der Waals surface area contributed by atoms with Crippen molar-refractivity contribution < 1.29 is 18.0 Å². The van der Waals surface area contributed by atoms with Gasteiger partial charge in [0.1, 0.15) is 6.04 Å². The van der Waals surface area contributed by atoms with Crippen molar-refractivity contribution in [3.63, 3.8) is 0 Å². The highest BCUT2D eigenvalue weighted by atomic mass is 35.5. The zero-order valence-corrected chi connectivity index (χ0v) is 24.9. The summed E-state index contributed by atoms with van der Waals surface area (Å²) in [7, 11) is -3.57. The first kappa shape index (κ1) is 30.9. The van der Waals surface area contributed by atoms with Crippen molar-refractivity contribution in [2.45, 2.75) is 72.5 Å². The lowest BCUT2D eigenvalue weighted by Gasteiger charge is -2.32. The molecular formula is C27H37Cl2N3O4S. The summed E-state index contributed by atoms with van der Waals surface area (Å²) in [5.74, 6) is -0.613. The van der Waals surface area contributed by atoms with Gasteiger partial charge in [-0.15, -0.1) is 0 Å². The second-order valence-corrected chi connectivity index (χ2v) is 13.1. The zero-order valence-electron chi connectivity index (χ0n) is 22.6. The van der Waals surface area contributed by atoms with Crippen LogP contribution in [0.3, 0.4) is 0 Å². The number of rotatable bonds is 10. The molecule has 2 rings (SSSR count). The van der Waals surface area contributed by atoms with Crippen molar-refractivity contribution in [1.29, 1.82) is 0 Å². The topological polar surface area (TPSA) is 86.8 Å². The SMILES string of the molecule is Cc1cc(C)cc(N(CCCC(=O)N(Cc2c(Cl)cccc2Cl)[C@H](C)C(=O)NC(C)(C)C)S(C)(=O)=O)c1. The molecule has 0 aliphatic rings. The lowest BCUT2D eigenvalue weighted by atomic mass is 10.1. The zero-order chi connectivity index (χ0) is 28.1. The number of carbonyl (C=O) groups excluding carboxylic acids is 2. The van der Waals surface area contributed by atoms with Gasteiger partial charge in [0, 0.05) is 40.7 Å².